The number of aryl methyl sites for hydroxylation is 2. The van der Waals surface area contributed by atoms with Crippen LogP contribution in [0.2, 0.25) is 0 Å². The van der Waals surface area contributed by atoms with Gasteiger partial charge >= 0.3 is 5.97 Å². The summed E-state index contributed by atoms with van der Waals surface area (Å²) in [4.78, 5) is 23.2. The average Bonchev–Trinajstić information content (AvgIpc) is 3.13. The normalized spacial score (nSPS) is 15.7. The Morgan fingerprint density at radius 2 is 1.95 bits per heavy atom. The maximum atomic E-state index is 12.1. The van der Waals surface area contributed by atoms with Crippen LogP contribution in [0.25, 0.3) is 0 Å². The lowest BCUT2D eigenvalue weighted by atomic mass is 10.1. The van der Waals surface area contributed by atoms with Crippen molar-refractivity contribution in [3.05, 3.63) is 23.3 Å². The summed E-state index contributed by atoms with van der Waals surface area (Å²) in [6, 6.07) is 3.72. The van der Waals surface area contributed by atoms with Gasteiger partial charge in [0.15, 0.2) is 0 Å². The van der Waals surface area contributed by atoms with Gasteiger partial charge in [-0.05, 0) is 43.9 Å². The zero-order chi connectivity index (χ0) is 14.2. The van der Waals surface area contributed by atoms with Crippen molar-refractivity contribution < 1.29 is 19.4 Å². The van der Waals surface area contributed by atoms with Gasteiger partial charge in [-0.25, -0.2) is 0 Å². The molecule has 0 spiro atoms. The van der Waals surface area contributed by atoms with Crippen LogP contribution in [0.3, 0.4) is 0 Å². The minimum Gasteiger partial charge on any atom is -0.495 e. The Morgan fingerprint density at radius 3 is 2.42 bits per heavy atom. The Morgan fingerprint density at radius 1 is 1.32 bits per heavy atom. The van der Waals surface area contributed by atoms with Gasteiger partial charge in [0.1, 0.15) is 11.2 Å². The van der Waals surface area contributed by atoms with Gasteiger partial charge in [0.2, 0.25) is 5.91 Å². The number of carbonyl (C=O) groups excluding carboxylic acids is 1. The van der Waals surface area contributed by atoms with Crippen LogP contribution in [0.4, 0.5) is 5.69 Å². The number of benzene rings is 1. The number of carboxylic acid groups (broad SMARTS) is 1. The highest BCUT2D eigenvalue weighted by Crippen LogP contribution is 2.47. The summed E-state index contributed by atoms with van der Waals surface area (Å²) in [5.74, 6) is -0.981. The topological polar surface area (TPSA) is 75.6 Å². The monoisotopic (exact) mass is 263 g/mol. The van der Waals surface area contributed by atoms with Crippen molar-refractivity contribution in [3.8, 4) is 5.75 Å². The van der Waals surface area contributed by atoms with E-state index in [1.807, 2.05) is 26.0 Å². The number of hydrogen-bond donors (Lipinski definition) is 2. The molecular formula is C14H17NO4. The van der Waals surface area contributed by atoms with Crippen molar-refractivity contribution in [2.75, 3.05) is 12.4 Å². The van der Waals surface area contributed by atoms with E-state index in [1.54, 1.807) is 0 Å². The molecule has 2 rings (SSSR count). The lowest BCUT2D eigenvalue weighted by Crippen LogP contribution is -2.31. The SMILES string of the molecule is COc1cc(C)cc(C)c1NC(=O)C1(C(=O)O)CC1. The number of ether oxygens (including phenoxy) is 1. The second-order valence-corrected chi connectivity index (χ2v) is 5.00. The first-order valence-corrected chi connectivity index (χ1v) is 6.11. The standard InChI is InChI=1S/C14H17NO4/c1-8-6-9(2)11(10(7-8)19-3)15-12(16)14(4-5-14)13(17)18/h6-7H,4-5H2,1-3H3,(H,15,16)(H,17,18). The molecule has 0 saturated heterocycles. The Hall–Kier alpha value is -2.04. The third kappa shape index (κ3) is 2.28. The molecule has 0 bridgehead atoms. The van der Waals surface area contributed by atoms with Gasteiger partial charge in [-0.15, -0.1) is 0 Å². The first kappa shape index (κ1) is 13.4. The summed E-state index contributed by atoms with van der Waals surface area (Å²) >= 11 is 0. The molecule has 1 fully saturated rings. The van der Waals surface area contributed by atoms with Crippen LogP contribution < -0.4 is 10.1 Å². The molecule has 0 atom stereocenters. The van der Waals surface area contributed by atoms with Crippen LogP contribution in [-0.4, -0.2) is 24.1 Å². The second kappa shape index (κ2) is 4.57. The first-order valence-electron chi connectivity index (χ1n) is 6.11. The van der Waals surface area contributed by atoms with Crippen molar-refractivity contribution >= 4 is 17.6 Å². The van der Waals surface area contributed by atoms with E-state index < -0.39 is 17.3 Å². The molecule has 19 heavy (non-hydrogen) atoms. The van der Waals surface area contributed by atoms with Gasteiger partial charge in [0.25, 0.3) is 0 Å². The molecule has 0 heterocycles. The molecule has 102 valence electrons. The fraction of sp³-hybridized carbons (Fsp3) is 0.429. The van der Waals surface area contributed by atoms with Gasteiger partial charge < -0.3 is 15.2 Å². The number of nitrogens with one attached hydrogen (secondary N) is 1. The van der Waals surface area contributed by atoms with E-state index in [-0.39, 0.29) is 0 Å². The number of rotatable bonds is 4. The second-order valence-electron chi connectivity index (χ2n) is 5.00. The molecule has 0 unspecified atom stereocenters. The van der Waals surface area contributed by atoms with Crippen LogP contribution >= 0.6 is 0 Å². The van der Waals surface area contributed by atoms with E-state index in [0.29, 0.717) is 24.3 Å². The van der Waals surface area contributed by atoms with Crippen LogP contribution in [-0.2, 0) is 9.59 Å². The molecule has 2 N–H and O–H groups in total. The largest absolute Gasteiger partial charge is 0.495 e. The Kier molecular flexibility index (Phi) is 3.22. The van der Waals surface area contributed by atoms with Gasteiger partial charge in [0, 0.05) is 0 Å². The van der Waals surface area contributed by atoms with Gasteiger partial charge in [0.05, 0.1) is 12.8 Å². The van der Waals surface area contributed by atoms with Gasteiger partial charge in [-0.2, -0.15) is 0 Å². The molecule has 1 amide bonds. The van der Waals surface area contributed by atoms with Crippen LogP contribution in [0.15, 0.2) is 12.1 Å². The number of carboxylic acids is 1. The summed E-state index contributed by atoms with van der Waals surface area (Å²) in [7, 11) is 1.52. The lowest BCUT2D eigenvalue weighted by Gasteiger charge is -2.16. The molecule has 0 aliphatic heterocycles. The molecular weight excluding hydrogens is 246 g/mol. The minimum atomic E-state index is -1.25. The van der Waals surface area contributed by atoms with Crippen LogP contribution in [0.1, 0.15) is 24.0 Å². The van der Waals surface area contributed by atoms with Crippen molar-refractivity contribution in [2.45, 2.75) is 26.7 Å². The Labute approximate surface area is 111 Å². The summed E-state index contributed by atoms with van der Waals surface area (Å²) in [5, 5.41) is 11.8. The molecule has 1 aliphatic rings. The molecule has 1 aliphatic carbocycles. The number of anilines is 1. The first-order chi connectivity index (χ1) is 8.90. The zero-order valence-corrected chi connectivity index (χ0v) is 11.2. The number of carbonyl (C=O) groups is 2. The predicted octanol–water partition coefficient (Wildman–Crippen LogP) is 2.12. The summed E-state index contributed by atoms with van der Waals surface area (Å²) < 4.78 is 5.24. The van der Waals surface area contributed by atoms with Crippen molar-refractivity contribution in [2.24, 2.45) is 5.41 Å². The molecule has 5 nitrogen and oxygen atoms in total. The third-order valence-corrected chi connectivity index (χ3v) is 3.50. The smallest absolute Gasteiger partial charge is 0.319 e. The van der Waals surface area contributed by atoms with E-state index in [1.165, 1.54) is 7.11 Å². The van der Waals surface area contributed by atoms with E-state index in [9.17, 15) is 9.59 Å². The summed E-state index contributed by atoms with van der Waals surface area (Å²) in [5.41, 5.74) is 1.17. The molecule has 0 aromatic heterocycles. The van der Waals surface area contributed by atoms with Gasteiger partial charge in [-0.1, -0.05) is 6.07 Å². The maximum Gasteiger partial charge on any atom is 0.319 e. The lowest BCUT2D eigenvalue weighted by molar-refractivity contribution is -0.147. The van der Waals surface area contributed by atoms with Crippen LogP contribution in [0, 0.1) is 19.3 Å². The molecule has 1 aromatic carbocycles. The number of aliphatic carboxylic acids is 1. The molecule has 0 radical (unpaired) electrons. The van der Waals surface area contributed by atoms with Crippen molar-refractivity contribution in [1.29, 1.82) is 0 Å². The van der Waals surface area contributed by atoms with E-state index >= 15 is 0 Å². The number of amides is 1. The molecule has 1 saturated carbocycles. The summed E-state index contributed by atoms with van der Waals surface area (Å²) in [6.45, 7) is 3.78. The van der Waals surface area contributed by atoms with Crippen molar-refractivity contribution in [1.82, 2.24) is 0 Å². The average molecular weight is 263 g/mol. The molecule has 5 heteroatoms. The van der Waals surface area contributed by atoms with E-state index in [2.05, 4.69) is 5.32 Å². The van der Waals surface area contributed by atoms with Crippen LogP contribution in [0.5, 0.6) is 5.75 Å². The van der Waals surface area contributed by atoms with E-state index in [4.69, 9.17) is 9.84 Å². The highest BCUT2D eigenvalue weighted by atomic mass is 16.5. The highest BCUT2D eigenvalue weighted by Gasteiger charge is 2.57. The molecule has 1 aromatic rings. The van der Waals surface area contributed by atoms with Crippen molar-refractivity contribution in [3.63, 3.8) is 0 Å². The fourth-order valence-corrected chi connectivity index (χ4v) is 2.15. The van der Waals surface area contributed by atoms with E-state index in [0.717, 1.165) is 11.1 Å². The Bertz CT molecular complexity index is 547. The minimum absolute atomic E-state index is 0.390. The Balaban J connectivity index is 2.29. The number of hydrogen-bond acceptors (Lipinski definition) is 3. The predicted molar refractivity (Wildman–Crippen MR) is 70.4 cm³/mol. The zero-order valence-electron chi connectivity index (χ0n) is 11.2. The highest BCUT2D eigenvalue weighted by molar-refractivity contribution is 6.11. The fourth-order valence-electron chi connectivity index (χ4n) is 2.15. The van der Waals surface area contributed by atoms with Gasteiger partial charge in [-0.3, -0.25) is 9.59 Å². The quantitative estimate of drug-likeness (QED) is 0.816. The number of methoxy groups -OCH3 is 1. The maximum absolute atomic E-state index is 12.1. The third-order valence-electron chi connectivity index (χ3n) is 3.50. The summed E-state index contributed by atoms with van der Waals surface area (Å²) in [6.07, 6.45) is 0.781.